The number of alkyl halides is 3. The number of piperazine rings is 1. The number of carbonyl (C=O) groups excluding carboxylic acids is 2. The van der Waals surface area contributed by atoms with Gasteiger partial charge in [-0.2, -0.15) is 13.2 Å². The van der Waals surface area contributed by atoms with Gasteiger partial charge in [0.25, 0.3) is 11.6 Å². The molecule has 1 saturated carbocycles. The van der Waals surface area contributed by atoms with Crippen LogP contribution in [0.4, 0.5) is 24.5 Å². The maximum absolute atomic E-state index is 13.0. The monoisotopic (exact) mass is 442 g/mol. The quantitative estimate of drug-likeness (QED) is 0.571. The van der Waals surface area contributed by atoms with Crippen LogP contribution in [0.1, 0.15) is 43.0 Å². The highest BCUT2D eigenvalue weighted by Gasteiger charge is 2.42. The van der Waals surface area contributed by atoms with Gasteiger partial charge in [0.15, 0.2) is 0 Å². The maximum Gasteiger partial charge on any atom is 0.391 e. The molecule has 8 nitrogen and oxygen atoms in total. The van der Waals surface area contributed by atoms with Crippen LogP contribution in [0, 0.1) is 16.0 Å². The van der Waals surface area contributed by atoms with Gasteiger partial charge in [0, 0.05) is 50.8 Å². The van der Waals surface area contributed by atoms with E-state index in [1.54, 1.807) is 9.80 Å². The van der Waals surface area contributed by atoms with Crippen LogP contribution in [0.3, 0.4) is 0 Å². The normalized spacial score (nSPS) is 22.2. The summed E-state index contributed by atoms with van der Waals surface area (Å²) in [5.41, 5.74) is 0.132. The summed E-state index contributed by atoms with van der Waals surface area (Å²) < 4.78 is 39.0. The van der Waals surface area contributed by atoms with Crippen molar-refractivity contribution in [3.8, 4) is 0 Å². The van der Waals surface area contributed by atoms with E-state index < -0.39 is 29.0 Å². The van der Waals surface area contributed by atoms with E-state index in [1.165, 1.54) is 19.1 Å². The Balaban J connectivity index is 1.71. The highest BCUT2D eigenvalue weighted by Crippen LogP contribution is 2.37. The molecule has 0 bridgehead atoms. The average Bonchev–Trinajstić information content (AvgIpc) is 2.73. The van der Waals surface area contributed by atoms with Crippen LogP contribution in [0.25, 0.3) is 0 Å². The lowest BCUT2D eigenvalue weighted by Crippen LogP contribution is -2.48. The molecule has 0 spiro atoms. The summed E-state index contributed by atoms with van der Waals surface area (Å²) in [6, 6.07) is 3.47. The van der Waals surface area contributed by atoms with Gasteiger partial charge in [0.05, 0.1) is 10.8 Å². The molecule has 2 atom stereocenters. The van der Waals surface area contributed by atoms with Crippen LogP contribution in [0.2, 0.25) is 0 Å². The Kier molecular flexibility index (Phi) is 6.71. The number of nitro groups is 1. The molecule has 0 radical (unpaired) electrons. The molecule has 2 amide bonds. The molecule has 1 aromatic carbocycles. The smallest absolute Gasteiger partial charge is 0.362 e. The Morgan fingerprint density at radius 3 is 2.42 bits per heavy atom. The van der Waals surface area contributed by atoms with Crippen molar-refractivity contribution in [1.82, 2.24) is 10.2 Å². The van der Waals surface area contributed by atoms with Crippen LogP contribution in [0.15, 0.2) is 18.2 Å². The van der Waals surface area contributed by atoms with Crippen molar-refractivity contribution in [3.05, 3.63) is 33.9 Å². The number of hydrogen-bond acceptors (Lipinski definition) is 5. The summed E-state index contributed by atoms with van der Waals surface area (Å²) in [6.45, 7) is 3.20. The Hall–Kier alpha value is -2.85. The molecule has 2 aliphatic rings. The van der Waals surface area contributed by atoms with Crippen molar-refractivity contribution in [1.29, 1.82) is 0 Å². The van der Waals surface area contributed by atoms with Gasteiger partial charge < -0.3 is 15.1 Å². The van der Waals surface area contributed by atoms with Gasteiger partial charge in [0.2, 0.25) is 5.91 Å². The molecule has 3 rings (SSSR count). The van der Waals surface area contributed by atoms with E-state index in [4.69, 9.17) is 0 Å². The zero-order valence-electron chi connectivity index (χ0n) is 17.2. The number of rotatable bonds is 4. The summed E-state index contributed by atoms with van der Waals surface area (Å²) >= 11 is 0. The molecule has 1 N–H and O–H groups in total. The van der Waals surface area contributed by atoms with Gasteiger partial charge in [-0.15, -0.1) is 0 Å². The number of nitro benzene ring substituents is 1. The third-order valence-electron chi connectivity index (χ3n) is 5.97. The first-order chi connectivity index (χ1) is 14.6. The summed E-state index contributed by atoms with van der Waals surface area (Å²) in [6.07, 6.45) is -3.63. The fraction of sp³-hybridized carbons (Fsp3) is 0.600. The molecule has 1 aliphatic carbocycles. The Bertz CT molecular complexity index is 853. The fourth-order valence-electron chi connectivity index (χ4n) is 4.23. The van der Waals surface area contributed by atoms with E-state index in [1.807, 2.05) is 0 Å². The predicted octanol–water partition coefficient (Wildman–Crippen LogP) is 3.11. The second-order valence-corrected chi connectivity index (χ2v) is 8.03. The zero-order valence-corrected chi connectivity index (χ0v) is 17.2. The van der Waals surface area contributed by atoms with Crippen molar-refractivity contribution in [2.75, 3.05) is 31.1 Å². The largest absolute Gasteiger partial charge is 0.391 e. The molecule has 1 heterocycles. The van der Waals surface area contributed by atoms with Gasteiger partial charge in [-0.05, 0) is 31.4 Å². The van der Waals surface area contributed by atoms with E-state index in [0.29, 0.717) is 44.7 Å². The molecular weight excluding hydrogens is 417 g/mol. The van der Waals surface area contributed by atoms with E-state index in [-0.39, 0.29) is 30.0 Å². The lowest BCUT2D eigenvalue weighted by molar-refractivity contribution is -0.384. The molecule has 0 unspecified atom stereocenters. The standard InChI is InChI=1S/C20H25F3N4O4/c1-13(28)25-7-9-26(10-8-25)17-6-5-14(11-18(17)27(30)31)19(29)24-16-4-2-3-15(12-16)20(21,22)23/h5-6,11,15-16H,2-4,7-10,12H2,1H3,(H,24,29)/t15-,16+/m0/s1. The minimum absolute atomic E-state index is 0.0342. The highest BCUT2D eigenvalue weighted by molar-refractivity contribution is 5.96. The Morgan fingerprint density at radius 1 is 1.16 bits per heavy atom. The van der Waals surface area contributed by atoms with Crippen molar-refractivity contribution in [3.63, 3.8) is 0 Å². The lowest BCUT2D eigenvalue weighted by Gasteiger charge is -2.35. The van der Waals surface area contributed by atoms with Gasteiger partial charge in [-0.25, -0.2) is 0 Å². The van der Waals surface area contributed by atoms with Crippen molar-refractivity contribution in [2.24, 2.45) is 5.92 Å². The topological polar surface area (TPSA) is 95.8 Å². The van der Waals surface area contributed by atoms with Crippen LogP contribution >= 0.6 is 0 Å². The molecule has 1 saturated heterocycles. The second-order valence-electron chi connectivity index (χ2n) is 8.03. The minimum Gasteiger partial charge on any atom is -0.362 e. The first-order valence-electron chi connectivity index (χ1n) is 10.2. The molecule has 11 heteroatoms. The average molecular weight is 442 g/mol. The zero-order chi connectivity index (χ0) is 22.8. The Morgan fingerprint density at radius 2 is 1.84 bits per heavy atom. The number of anilines is 1. The van der Waals surface area contributed by atoms with E-state index in [9.17, 15) is 32.9 Å². The third kappa shape index (κ3) is 5.45. The third-order valence-corrected chi connectivity index (χ3v) is 5.97. The van der Waals surface area contributed by atoms with Gasteiger partial charge in [-0.1, -0.05) is 6.42 Å². The molecular formula is C20H25F3N4O4. The fourth-order valence-corrected chi connectivity index (χ4v) is 4.23. The van der Waals surface area contributed by atoms with E-state index in [0.717, 1.165) is 6.07 Å². The summed E-state index contributed by atoms with van der Waals surface area (Å²) in [5, 5.41) is 14.2. The summed E-state index contributed by atoms with van der Waals surface area (Å²) in [7, 11) is 0. The van der Waals surface area contributed by atoms with Gasteiger partial charge in [-0.3, -0.25) is 19.7 Å². The summed E-state index contributed by atoms with van der Waals surface area (Å²) in [4.78, 5) is 38.5. The molecule has 2 fully saturated rings. The number of nitrogens with one attached hydrogen (secondary N) is 1. The lowest BCUT2D eigenvalue weighted by atomic mass is 9.85. The number of nitrogens with zero attached hydrogens (tertiary/aromatic N) is 3. The van der Waals surface area contributed by atoms with Gasteiger partial charge in [0.1, 0.15) is 5.69 Å². The summed E-state index contributed by atoms with van der Waals surface area (Å²) in [5.74, 6) is -2.13. The minimum atomic E-state index is -4.30. The second kappa shape index (κ2) is 9.11. The number of hydrogen-bond donors (Lipinski definition) is 1. The van der Waals surface area contributed by atoms with Crippen LogP contribution < -0.4 is 10.2 Å². The van der Waals surface area contributed by atoms with Gasteiger partial charge >= 0.3 is 6.18 Å². The SMILES string of the molecule is CC(=O)N1CCN(c2ccc(C(=O)N[C@@H]3CCC[C@H](C(F)(F)F)C3)cc2[N+](=O)[O-])CC1. The maximum atomic E-state index is 13.0. The van der Waals surface area contributed by atoms with E-state index >= 15 is 0 Å². The molecule has 31 heavy (non-hydrogen) atoms. The number of amides is 2. The van der Waals surface area contributed by atoms with Crippen LogP contribution in [0.5, 0.6) is 0 Å². The predicted molar refractivity (Wildman–Crippen MR) is 107 cm³/mol. The van der Waals surface area contributed by atoms with E-state index in [2.05, 4.69) is 5.32 Å². The van der Waals surface area contributed by atoms with Crippen molar-refractivity contribution < 1.29 is 27.7 Å². The van der Waals surface area contributed by atoms with Crippen LogP contribution in [-0.4, -0.2) is 60.0 Å². The molecule has 170 valence electrons. The number of carbonyl (C=O) groups is 2. The Labute approximate surface area is 177 Å². The first-order valence-corrected chi connectivity index (χ1v) is 10.2. The van der Waals surface area contributed by atoms with Crippen molar-refractivity contribution in [2.45, 2.75) is 44.8 Å². The first kappa shape index (κ1) is 22.8. The number of halogens is 3. The van der Waals surface area contributed by atoms with Crippen LogP contribution in [-0.2, 0) is 4.79 Å². The number of benzene rings is 1. The molecule has 1 aliphatic heterocycles. The molecule has 0 aromatic heterocycles. The highest BCUT2D eigenvalue weighted by atomic mass is 19.4. The van der Waals surface area contributed by atoms with Crippen molar-refractivity contribution >= 4 is 23.2 Å². The molecule has 1 aromatic rings.